The molecule has 0 aliphatic heterocycles. The van der Waals surface area contributed by atoms with Crippen molar-refractivity contribution >= 4 is 5.91 Å². The third kappa shape index (κ3) is 2.35. The molecule has 0 aliphatic carbocycles. The molecule has 1 amide bonds. The van der Waals surface area contributed by atoms with Gasteiger partial charge in [0.25, 0.3) is 11.7 Å². The zero-order valence-electron chi connectivity index (χ0n) is 8.51. The molecule has 0 fully saturated rings. The first kappa shape index (κ1) is 10.1. The molecule has 82 valence electrons. The Balaban J connectivity index is 1.95. The number of hydrogen-bond donors (Lipinski definition) is 2. The van der Waals surface area contributed by atoms with Gasteiger partial charge in [-0.05, 0) is 18.2 Å². The Morgan fingerprint density at radius 2 is 2.44 bits per heavy atom. The van der Waals surface area contributed by atoms with Crippen LogP contribution < -0.4 is 5.32 Å². The Bertz CT molecular complexity index is 481. The number of nitrogens with one attached hydrogen (secondary N) is 2. The molecule has 2 N–H and O–H groups in total. The lowest BCUT2D eigenvalue weighted by atomic mass is 10.4. The summed E-state index contributed by atoms with van der Waals surface area (Å²) in [7, 11) is 0. The van der Waals surface area contributed by atoms with Crippen LogP contribution in [-0.4, -0.2) is 36.5 Å². The zero-order chi connectivity index (χ0) is 11.4. The number of nitrogens with zero attached hydrogens (tertiary/aromatic N) is 5. The number of tetrazole rings is 1. The minimum absolute atomic E-state index is 0.00535. The third-order valence-corrected chi connectivity index (χ3v) is 1.81. The van der Waals surface area contributed by atoms with Crippen LogP contribution in [0.3, 0.4) is 0 Å². The summed E-state index contributed by atoms with van der Waals surface area (Å²) in [6.07, 6.45) is 1.64. The molecule has 0 atom stereocenters. The standard InChI is InChI=1S/C8H9N7O/c1-5-9-3-2-6(11-5)4-10-8(16)7-12-14-15-13-7/h2-3H,4H2,1H3,(H,10,16)(H,12,13,14,15). The minimum Gasteiger partial charge on any atom is -0.344 e. The van der Waals surface area contributed by atoms with Gasteiger partial charge in [0.15, 0.2) is 0 Å². The van der Waals surface area contributed by atoms with Gasteiger partial charge in [-0.3, -0.25) is 4.79 Å². The summed E-state index contributed by atoms with van der Waals surface area (Å²) in [4.78, 5) is 19.5. The Morgan fingerprint density at radius 1 is 1.56 bits per heavy atom. The summed E-state index contributed by atoms with van der Waals surface area (Å²) in [5, 5.41) is 15.2. The molecule has 2 aromatic rings. The molecule has 0 saturated heterocycles. The van der Waals surface area contributed by atoms with Crippen LogP contribution in [0.1, 0.15) is 22.1 Å². The average Bonchev–Trinajstić information content (AvgIpc) is 2.79. The highest BCUT2D eigenvalue weighted by molar-refractivity contribution is 5.89. The van der Waals surface area contributed by atoms with Crippen molar-refractivity contribution in [3.05, 3.63) is 29.6 Å². The molecule has 0 spiro atoms. The van der Waals surface area contributed by atoms with Gasteiger partial charge < -0.3 is 5.32 Å². The van der Waals surface area contributed by atoms with E-state index < -0.39 is 5.91 Å². The van der Waals surface area contributed by atoms with Crippen molar-refractivity contribution in [2.75, 3.05) is 0 Å². The number of rotatable bonds is 3. The Labute approximate surface area is 90.5 Å². The summed E-state index contributed by atoms with van der Waals surface area (Å²) < 4.78 is 0. The lowest BCUT2D eigenvalue weighted by Gasteiger charge is -2.01. The van der Waals surface area contributed by atoms with Gasteiger partial charge in [-0.1, -0.05) is 0 Å². The van der Waals surface area contributed by atoms with Gasteiger partial charge in [0.2, 0.25) is 0 Å². The second-order valence-corrected chi connectivity index (χ2v) is 3.01. The molecule has 0 aromatic carbocycles. The summed E-state index contributed by atoms with van der Waals surface area (Å²) in [5.41, 5.74) is 0.726. The number of carbonyl (C=O) groups excluding carboxylic acids is 1. The minimum atomic E-state index is -0.398. The van der Waals surface area contributed by atoms with Gasteiger partial charge in [-0.25, -0.2) is 9.97 Å². The lowest BCUT2D eigenvalue weighted by Crippen LogP contribution is -2.24. The summed E-state index contributed by atoms with van der Waals surface area (Å²) in [5.74, 6) is 0.266. The van der Waals surface area contributed by atoms with E-state index in [0.717, 1.165) is 5.69 Å². The molecule has 2 rings (SSSR count). The van der Waals surface area contributed by atoms with Crippen molar-refractivity contribution in [2.45, 2.75) is 13.5 Å². The molecule has 16 heavy (non-hydrogen) atoms. The van der Waals surface area contributed by atoms with Gasteiger partial charge in [-0.2, -0.15) is 5.21 Å². The van der Waals surface area contributed by atoms with Crippen molar-refractivity contribution in [2.24, 2.45) is 0 Å². The molecule has 2 aromatic heterocycles. The van der Waals surface area contributed by atoms with Crippen LogP contribution >= 0.6 is 0 Å². The molecule has 8 heteroatoms. The molecular formula is C8H9N7O. The van der Waals surface area contributed by atoms with Crippen molar-refractivity contribution in [1.82, 2.24) is 35.9 Å². The molecule has 2 heterocycles. The highest BCUT2D eigenvalue weighted by Crippen LogP contribution is 1.94. The smallest absolute Gasteiger partial charge is 0.293 e. The predicted molar refractivity (Wildman–Crippen MR) is 52.1 cm³/mol. The van der Waals surface area contributed by atoms with E-state index in [4.69, 9.17) is 0 Å². The number of amides is 1. The van der Waals surface area contributed by atoms with Crippen LogP contribution in [0.2, 0.25) is 0 Å². The molecule has 0 saturated carbocycles. The summed E-state index contributed by atoms with van der Waals surface area (Å²) in [6.45, 7) is 2.08. The van der Waals surface area contributed by atoms with Gasteiger partial charge in [0.1, 0.15) is 5.82 Å². The Morgan fingerprint density at radius 3 is 3.12 bits per heavy atom. The largest absolute Gasteiger partial charge is 0.344 e. The molecular weight excluding hydrogens is 210 g/mol. The van der Waals surface area contributed by atoms with E-state index in [1.165, 1.54) is 0 Å². The Kier molecular flexibility index (Phi) is 2.81. The lowest BCUT2D eigenvalue weighted by molar-refractivity contribution is 0.0940. The second kappa shape index (κ2) is 4.43. The normalized spacial score (nSPS) is 10.1. The molecule has 0 aliphatic rings. The van der Waals surface area contributed by atoms with E-state index in [-0.39, 0.29) is 5.82 Å². The van der Waals surface area contributed by atoms with Gasteiger partial charge >= 0.3 is 0 Å². The predicted octanol–water partition coefficient (Wildman–Crippen LogP) is -0.772. The number of carbonyl (C=O) groups is 1. The highest BCUT2D eigenvalue weighted by Gasteiger charge is 2.09. The van der Waals surface area contributed by atoms with E-state index in [0.29, 0.717) is 12.4 Å². The molecule has 0 unspecified atom stereocenters. The van der Waals surface area contributed by atoms with E-state index in [9.17, 15) is 4.79 Å². The maximum atomic E-state index is 11.4. The van der Waals surface area contributed by atoms with Crippen molar-refractivity contribution in [3.63, 3.8) is 0 Å². The topological polar surface area (TPSA) is 109 Å². The van der Waals surface area contributed by atoms with E-state index in [1.807, 2.05) is 0 Å². The van der Waals surface area contributed by atoms with E-state index in [2.05, 4.69) is 35.9 Å². The first-order valence-electron chi connectivity index (χ1n) is 4.56. The van der Waals surface area contributed by atoms with Gasteiger partial charge in [-0.15, -0.1) is 10.2 Å². The molecule has 0 bridgehead atoms. The van der Waals surface area contributed by atoms with Gasteiger partial charge in [0, 0.05) is 6.20 Å². The van der Waals surface area contributed by atoms with Crippen molar-refractivity contribution < 1.29 is 4.79 Å². The van der Waals surface area contributed by atoms with Gasteiger partial charge in [0.05, 0.1) is 12.2 Å². The van der Waals surface area contributed by atoms with Crippen molar-refractivity contribution in [3.8, 4) is 0 Å². The van der Waals surface area contributed by atoms with Crippen LogP contribution in [0, 0.1) is 6.92 Å². The van der Waals surface area contributed by atoms with E-state index >= 15 is 0 Å². The van der Waals surface area contributed by atoms with Crippen LogP contribution in [0.4, 0.5) is 0 Å². The Hall–Kier alpha value is -2.38. The summed E-state index contributed by atoms with van der Waals surface area (Å²) in [6, 6.07) is 1.73. The summed E-state index contributed by atoms with van der Waals surface area (Å²) >= 11 is 0. The second-order valence-electron chi connectivity index (χ2n) is 3.01. The SMILES string of the molecule is Cc1nccc(CNC(=O)c2nn[nH]n2)n1. The van der Waals surface area contributed by atoms with Crippen LogP contribution in [-0.2, 0) is 6.54 Å². The number of aromatic nitrogens is 6. The first-order chi connectivity index (χ1) is 7.75. The number of H-pyrrole nitrogens is 1. The van der Waals surface area contributed by atoms with Crippen LogP contribution in [0.15, 0.2) is 12.3 Å². The highest BCUT2D eigenvalue weighted by atomic mass is 16.2. The van der Waals surface area contributed by atoms with Crippen molar-refractivity contribution in [1.29, 1.82) is 0 Å². The van der Waals surface area contributed by atoms with Crippen LogP contribution in [0.5, 0.6) is 0 Å². The van der Waals surface area contributed by atoms with E-state index in [1.54, 1.807) is 19.2 Å². The number of aromatic amines is 1. The van der Waals surface area contributed by atoms with Crippen LogP contribution in [0.25, 0.3) is 0 Å². The number of aryl methyl sites for hydroxylation is 1. The fourth-order valence-corrected chi connectivity index (χ4v) is 1.11. The monoisotopic (exact) mass is 219 g/mol. The fourth-order valence-electron chi connectivity index (χ4n) is 1.11. The zero-order valence-corrected chi connectivity index (χ0v) is 8.51. The first-order valence-corrected chi connectivity index (χ1v) is 4.56. The molecule has 0 radical (unpaired) electrons. The maximum absolute atomic E-state index is 11.4. The average molecular weight is 219 g/mol. The maximum Gasteiger partial charge on any atom is 0.293 e. The molecule has 8 nitrogen and oxygen atoms in total. The third-order valence-electron chi connectivity index (χ3n) is 1.81. The quantitative estimate of drug-likeness (QED) is 0.701. The number of hydrogen-bond acceptors (Lipinski definition) is 6. The fraction of sp³-hybridized carbons (Fsp3) is 0.250.